The summed E-state index contributed by atoms with van der Waals surface area (Å²) in [4.78, 5) is 15.9. The molecule has 0 aliphatic carbocycles. The number of pyridine rings is 1. The largest absolute Gasteiger partial charge is 0.451 e. The Morgan fingerprint density at radius 3 is 2.32 bits per heavy atom. The number of benzene rings is 2. The van der Waals surface area contributed by atoms with Crippen molar-refractivity contribution in [2.75, 3.05) is 26.7 Å². The van der Waals surface area contributed by atoms with Gasteiger partial charge in [-0.2, -0.15) is 0 Å². The minimum Gasteiger partial charge on any atom is -0.451 e. The highest BCUT2D eigenvalue weighted by atomic mass is 35.5. The number of terminal acetylenes is 1. The molecule has 1 unspecified atom stereocenters. The minimum atomic E-state index is -1.35. The molecule has 0 saturated heterocycles. The summed E-state index contributed by atoms with van der Waals surface area (Å²) in [5, 5.41) is 9.37. The van der Waals surface area contributed by atoms with Gasteiger partial charge in [-0.25, -0.2) is 27.1 Å². The van der Waals surface area contributed by atoms with Gasteiger partial charge in [-0.1, -0.05) is 11.6 Å². The molecule has 0 bridgehead atoms. The molecule has 1 amide bonds. The summed E-state index contributed by atoms with van der Waals surface area (Å²) in [6, 6.07) is 11.7. The van der Waals surface area contributed by atoms with Crippen molar-refractivity contribution in [1.29, 1.82) is 0 Å². The van der Waals surface area contributed by atoms with Crippen LogP contribution in [0, 0.1) is 24.5 Å². The highest BCUT2D eigenvalue weighted by Gasteiger charge is 2.19. The third-order valence-electron chi connectivity index (χ3n) is 4.74. The summed E-state index contributed by atoms with van der Waals surface area (Å²) in [5.74, 6) is -2.67. The molecule has 3 rings (SSSR count). The van der Waals surface area contributed by atoms with Crippen LogP contribution in [0.3, 0.4) is 0 Å². The van der Waals surface area contributed by atoms with Gasteiger partial charge < -0.3 is 4.74 Å². The van der Waals surface area contributed by atoms with Crippen molar-refractivity contribution in [2.45, 2.75) is 10.6 Å². The van der Waals surface area contributed by atoms with Gasteiger partial charge in [0.1, 0.15) is 5.75 Å². The fourth-order valence-corrected chi connectivity index (χ4v) is 4.97. The second kappa shape index (κ2) is 16.0. The SMILES string of the molecule is C#C.CN(CCN(CC(=O)NO)Sc1cc(F)c(Oc2ccc(Cl)cc2)c(F)c1)S(=O)Cc1ccncc1. The monoisotopic (exact) mass is 582 g/mol. The van der Waals surface area contributed by atoms with Crippen LogP contribution in [-0.2, 0) is 21.5 Å². The topological polar surface area (TPSA) is 95.0 Å². The Balaban J connectivity index is 0.00000247. The Morgan fingerprint density at radius 1 is 1.13 bits per heavy atom. The standard InChI is InChI=1S/C23H23ClF2N4O4S2.C2H2/c1-29(36(33)15-16-6-8-27-9-7-16)10-11-30(14-22(31)28-32)35-19-12-20(25)23(21(26)13-19)34-18-4-2-17(24)3-5-18;1-2/h2-9,12-13,32H,10-11,14-15H2,1H3,(H,28,31);1-2H. The van der Waals surface area contributed by atoms with E-state index in [4.69, 9.17) is 21.5 Å². The van der Waals surface area contributed by atoms with Crippen LogP contribution in [0.15, 0.2) is 65.8 Å². The quantitative estimate of drug-likeness (QED) is 0.139. The number of halogens is 3. The zero-order chi connectivity index (χ0) is 28.1. The second-order valence-electron chi connectivity index (χ2n) is 7.43. The van der Waals surface area contributed by atoms with Gasteiger partial charge in [0.15, 0.2) is 17.4 Å². The summed E-state index contributed by atoms with van der Waals surface area (Å²) < 4.78 is 50.4. The normalized spacial score (nSPS) is 11.5. The highest BCUT2D eigenvalue weighted by molar-refractivity contribution is 7.97. The fourth-order valence-electron chi connectivity index (χ4n) is 2.89. The first-order valence-electron chi connectivity index (χ1n) is 10.9. The Hall–Kier alpha value is -3.05. The van der Waals surface area contributed by atoms with E-state index in [0.29, 0.717) is 5.02 Å². The maximum Gasteiger partial charge on any atom is 0.258 e. The van der Waals surface area contributed by atoms with Crippen molar-refractivity contribution in [1.82, 2.24) is 19.1 Å². The van der Waals surface area contributed by atoms with Gasteiger partial charge in [-0.05, 0) is 73.1 Å². The van der Waals surface area contributed by atoms with Gasteiger partial charge in [0, 0.05) is 35.4 Å². The molecule has 0 fully saturated rings. The van der Waals surface area contributed by atoms with Crippen LogP contribution in [0.5, 0.6) is 11.5 Å². The molecule has 0 aliphatic heterocycles. The Kier molecular flexibility index (Phi) is 13.1. The summed E-state index contributed by atoms with van der Waals surface area (Å²) in [7, 11) is 0.311. The number of carbonyl (C=O) groups is 1. The molecule has 3 aromatic rings. The summed E-state index contributed by atoms with van der Waals surface area (Å²) in [5.41, 5.74) is 2.39. The lowest BCUT2D eigenvalue weighted by Crippen LogP contribution is -2.37. The van der Waals surface area contributed by atoms with E-state index in [1.54, 1.807) is 35.9 Å². The van der Waals surface area contributed by atoms with Crippen molar-refractivity contribution in [3.8, 4) is 24.3 Å². The fraction of sp³-hybridized carbons (Fsp3) is 0.200. The number of rotatable bonds is 12. The molecule has 38 heavy (non-hydrogen) atoms. The molecule has 1 aromatic heterocycles. The van der Waals surface area contributed by atoms with Crippen molar-refractivity contribution in [2.24, 2.45) is 0 Å². The van der Waals surface area contributed by atoms with Crippen molar-refractivity contribution in [3.05, 3.63) is 83.1 Å². The molecule has 2 aromatic carbocycles. The second-order valence-corrected chi connectivity index (χ2v) is 10.6. The first kappa shape index (κ1) is 31.2. The van der Waals surface area contributed by atoms with Gasteiger partial charge >= 0.3 is 0 Å². The van der Waals surface area contributed by atoms with Crippen LogP contribution in [-0.4, -0.2) is 55.6 Å². The molecule has 13 heteroatoms. The van der Waals surface area contributed by atoms with E-state index in [-0.39, 0.29) is 36.0 Å². The van der Waals surface area contributed by atoms with Gasteiger partial charge in [0.05, 0.1) is 23.3 Å². The Labute approximate surface area is 231 Å². The number of hydroxylamine groups is 1. The first-order chi connectivity index (χ1) is 18.2. The van der Waals surface area contributed by atoms with Crippen molar-refractivity contribution in [3.63, 3.8) is 0 Å². The van der Waals surface area contributed by atoms with E-state index in [0.717, 1.165) is 29.6 Å². The van der Waals surface area contributed by atoms with Gasteiger partial charge in [0.2, 0.25) is 0 Å². The maximum absolute atomic E-state index is 14.7. The van der Waals surface area contributed by atoms with E-state index in [9.17, 15) is 17.8 Å². The van der Waals surface area contributed by atoms with Gasteiger partial charge in [-0.15, -0.1) is 12.8 Å². The number of carbonyl (C=O) groups excluding carboxylic acids is 1. The van der Waals surface area contributed by atoms with Crippen LogP contribution in [0.2, 0.25) is 5.02 Å². The van der Waals surface area contributed by atoms with Gasteiger partial charge in [-0.3, -0.25) is 15.0 Å². The number of aromatic nitrogens is 1. The first-order valence-corrected chi connectivity index (χ1v) is 13.3. The highest BCUT2D eigenvalue weighted by Crippen LogP contribution is 2.33. The number of ether oxygens (including phenoxy) is 1. The average molecular weight is 583 g/mol. The zero-order valence-electron chi connectivity index (χ0n) is 20.2. The number of hydrogen-bond donors (Lipinski definition) is 2. The Bertz CT molecular complexity index is 1210. The number of nitrogens with zero attached hydrogens (tertiary/aromatic N) is 3. The molecule has 1 heterocycles. The maximum atomic E-state index is 14.7. The third kappa shape index (κ3) is 10.0. The van der Waals surface area contributed by atoms with Crippen LogP contribution >= 0.6 is 23.5 Å². The predicted molar refractivity (Wildman–Crippen MR) is 144 cm³/mol. The molecule has 1 atom stereocenters. The van der Waals surface area contributed by atoms with E-state index < -0.39 is 34.3 Å². The van der Waals surface area contributed by atoms with Crippen LogP contribution in [0.25, 0.3) is 0 Å². The zero-order valence-corrected chi connectivity index (χ0v) is 22.6. The number of amides is 1. The molecule has 0 spiro atoms. The molecule has 0 aliphatic rings. The van der Waals surface area contributed by atoms with Crippen molar-refractivity contribution < 1.29 is 27.7 Å². The Morgan fingerprint density at radius 2 is 1.74 bits per heavy atom. The predicted octanol–water partition coefficient (Wildman–Crippen LogP) is 4.67. The van der Waals surface area contributed by atoms with E-state index in [2.05, 4.69) is 17.8 Å². The molecular weight excluding hydrogens is 558 g/mol. The summed E-state index contributed by atoms with van der Waals surface area (Å²) in [6.07, 6.45) is 11.2. The third-order valence-corrected chi connectivity index (χ3v) is 7.46. The van der Waals surface area contributed by atoms with E-state index in [1.165, 1.54) is 34.1 Å². The minimum absolute atomic E-state index is 0.166. The molecule has 202 valence electrons. The summed E-state index contributed by atoms with van der Waals surface area (Å²) in [6.45, 7) is 0.188. The van der Waals surface area contributed by atoms with Crippen molar-refractivity contribution >= 4 is 40.4 Å². The van der Waals surface area contributed by atoms with Crippen LogP contribution in [0.4, 0.5) is 8.78 Å². The smallest absolute Gasteiger partial charge is 0.258 e. The molecule has 0 saturated carbocycles. The number of likely N-dealkylation sites (N-methyl/N-ethyl adjacent to an activating group) is 1. The van der Waals surface area contributed by atoms with E-state index >= 15 is 0 Å². The molecular formula is C25H25ClF2N4O4S2. The molecule has 0 radical (unpaired) electrons. The summed E-state index contributed by atoms with van der Waals surface area (Å²) >= 11 is 6.72. The molecule has 2 N–H and O–H groups in total. The number of nitrogens with one attached hydrogen (secondary N) is 1. The lowest BCUT2D eigenvalue weighted by Gasteiger charge is -2.23. The average Bonchev–Trinajstić information content (AvgIpc) is 2.91. The lowest BCUT2D eigenvalue weighted by molar-refractivity contribution is -0.129. The molecule has 8 nitrogen and oxygen atoms in total. The van der Waals surface area contributed by atoms with Crippen LogP contribution < -0.4 is 10.2 Å². The van der Waals surface area contributed by atoms with Crippen LogP contribution in [0.1, 0.15) is 5.56 Å². The lowest BCUT2D eigenvalue weighted by atomic mass is 10.3. The van der Waals surface area contributed by atoms with E-state index in [1.807, 2.05) is 0 Å². The number of hydrogen-bond acceptors (Lipinski definition) is 7. The van der Waals surface area contributed by atoms with Gasteiger partial charge in [0.25, 0.3) is 5.91 Å².